The van der Waals surface area contributed by atoms with E-state index in [9.17, 15) is 0 Å². The lowest BCUT2D eigenvalue weighted by molar-refractivity contribution is 0.0907. The first kappa shape index (κ1) is 14.5. The molecule has 0 unspecified atom stereocenters. The number of nitrogens with two attached hydrogens (primary N) is 1. The molecule has 1 aromatic carbocycles. The van der Waals surface area contributed by atoms with Gasteiger partial charge in [0.25, 0.3) is 6.02 Å². The summed E-state index contributed by atoms with van der Waals surface area (Å²) < 4.78 is 5.78. The molecule has 2 heterocycles. The first-order valence-electron chi connectivity index (χ1n) is 7.91. The van der Waals surface area contributed by atoms with Crippen LogP contribution in [0.5, 0.6) is 0 Å². The Hall–Kier alpha value is -2.07. The molecule has 0 radical (unpaired) electrons. The molecule has 0 bridgehead atoms. The van der Waals surface area contributed by atoms with Crippen LogP contribution in [0.25, 0.3) is 11.1 Å². The van der Waals surface area contributed by atoms with Gasteiger partial charge in [0.15, 0.2) is 0 Å². The second kappa shape index (κ2) is 5.53. The Balaban J connectivity index is 1.79. The summed E-state index contributed by atoms with van der Waals surface area (Å²) in [7, 11) is 0. The lowest BCUT2D eigenvalue weighted by Gasteiger charge is -2.35. The Morgan fingerprint density at radius 2 is 2.09 bits per heavy atom. The topological polar surface area (TPSA) is 60.5 Å². The summed E-state index contributed by atoms with van der Waals surface area (Å²) in [5, 5.41) is 0.632. The molecule has 2 aromatic rings. The van der Waals surface area contributed by atoms with E-state index in [-0.39, 0.29) is 11.6 Å². The second-order valence-electron chi connectivity index (χ2n) is 6.20. The van der Waals surface area contributed by atoms with Crippen molar-refractivity contribution in [2.24, 2.45) is 10.7 Å². The zero-order chi connectivity index (χ0) is 15.9. The Kier molecular flexibility index (Phi) is 3.49. The number of rotatable bonds is 2. The number of aliphatic imine (C=N–C) groups is 1. The fourth-order valence-electron chi connectivity index (χ4n) is 3.71. The molecule has 23 heavy (non-hydrogen) atoms. The van der Waals surface area contributed by atoms with E-state index in [4.69, 9.17) is 27.1 Å². The van der Waals surface area contributed by atoms with Crippen molar-refractivity contribution in [3.05, 3.63) is 53.3 Å². The Morgan fingerprint density at radius 1 is 1.17 bits per heavy atom. The number of halogens is 1. The minimum absolute atomic E-state index is 0.0454. The van der Waals surface area contributed by atoms with E-state index < -0.39 is 0 Å². The van der Waals surface area contributed by atoms with Gasteiger partial charge in [0.2, 0.25) is 0 Å². The van der Waals surface area contributed by atoms with Gasteiger partial charge in [0.1, 0.15) is 11.6 Å². The third kappa shape index (κ3) is 2.47. The highest BCUT2D eigenvalue weighted by atomic mass is 35.5. The number of ether oxygens (including phenoxy) is 1. The van der Waals surface area contributed by atoms with Crippen LogP contribution in [0.2, 0.25) is 5.02 Å². The van der Waals surface area contributed by atoms with Crippen LogP contribution >= 0.6 is 11.6 Å². The number of aromatic nitrogens is 1. The highest BCUT2D eigenvalue weighted by Gasteiger charge is 2.48. The average molecular weight is 328 g/mol. The molecular weight excluding hydrogens is 310 g/mol. The number of fused-ring (bicyclic) bond motifs is 1. The number of pyridine rings is 1. The molecule has 1 saturated carbocycles. The Bertz CT molecular complexity index is 776. The quantitative estimate of drug-likeness (QED) is 0.910. The fraction of sp³-hybridized carbons (Fsp3) is 0.333. The number of benzene rings is 1. The summed E-state index contributed by atoms with van der Waals surface area (Å²) >= 11 is 6.07. The average Bonchev–Trinajstić information content (AvgIpc) is 2.92. The fourth-order valence-corrected chi connectivity index (χ4v) is 3.88. The molecule has 2 N–H and O–H groups in total. The van der Waals surface area contributed by atoms with Crippen LogP contribution in [0.4, 0.5) is 0 Å². The molecule has 4 nitrogen and oxygen atoms in total. The van der Waals surface area contributed by atoms with E-state index in [1.54, 1.807) is 6.20 Å². The van der Waals surface area contributed by atoms with Gasteiger partial charge in [0, 0.05) is 18.0 Å². The zero-order valence-electron chi connectivity index (χ0n) is 12.7. The molecule has 2 atom stereocenters. The van der Waals surface area contributed by atoms with E-state index in [1.807, 2.05) is 12.3 Å². The molecule has 118 valence electrons. The molecule has 5 heteroatoms. The van der Waals surface area contributed by atoms with Crippen molar-refractivity contribution < 1.29 is 4.74 Å². The lowest BCUT2D eigenvalue weighted by Crippen LogP contribution is -2.38. The number of amidine groups is 1. The molecule has 4 rings (SSSR count). The van der Waals surface area contributed by atoms with Crippen molar-refractivity contribution in [2.75, 3.05) is 0 Å². The Morgan fingerprint density at radius 3 is 2.96 bits per heavy atom. The normalized spacial score (nSPS) is 26.3. The number of nitrogens with zero attached hydrogens (tertiary/aromatic N) is 2. The Labute approximate surface area is 140 Å². The van der Waals surface area contributed by atoms with E-state index in [0.717, 1.165) is 42.4 Å². The minimum atomic E-state index is -0.343. The molecule has 2 aliphatic rings. The lowest BCUT2D eigenvalue weighted by atomic mass is 9.75. The van der Waals surface area contributed by atoms with Crippen molar-refractivity contribution >= 4 is 17.6 Å². The minimum Gasteiger partial charge on any atom is -0.459 e. The van der Waals surface area contributed by atoms with Crippen molar-refractivity contribution in [2.45, 2.75) is 37.3 Å². The summed E-state index contributed by atoms with van der Waals surface area (Å²) in [4.78, 5) is 8.87. The van der Waals surface area contributed by atoms with Gasteiger partial charge in [-0.1, -0.05) is 36.2 Å². The summed E-state index contributed by atoms with van der Waals surface area (Å²) in [6.45, 7) is 0. The molecule has 0 saturated heterocycles. The van der Waals surface area contributed by atoms with Gasteiger partial charge in [-0.2, -0.15) is 0 Å². The molecule has 0 spiro atoms. The van der Waals surface area contributed by atoms with Crippen LogP contribution in [0.1, 0.15) is 31.2 Å². The van der Waals surface area contributed by atoms with E-state index in [0.29, 0.717) is 11.0 Å². The van der Waals surface area contributed by atoms with Crippen LogP contribution in [-0.4, -0.2) is 17.1 Å². The molecule has 1 aliphatic heterocycles. The van der Waals surface area contributed by atoms with Crippen molar-refractivity contribution in [3.8, 4) is 11.1 Å². The highest BCUT2D eigenvalue weighted by Crippen LogP contribution is 2.46. The van der Waals surface area contributed by atoms with Crippen molar-refractivity contribution in [3.63, 3.8) is 0 Å². The maximum atomic E-state index is 6.07. The summed E-state index contributed by atoms with van der Waals surface area (Å²) in [6.07, 6.45) is 7.77. The monoisotopic (exact) mass is 327 g/mol. The predicted octanol–water partition coefficient (Wildman–Crippen LogP) is 3.88. The maximum absolute atomic E-state index is 6.07. The second-order valence-corrected chi connectivity index (χ2v) is 6.64. The van der Waals surface area contributed by atoms with Crippen LogP contribution in [0.3, 0.4) is 0 Å². The summed E-state index contributed by atoms with van der Waals surface area (Å²) in [5.74, 6) is 0. The highest BCUT2D eigenvalue weighted by molar-refractivity contribution is 6.30. The third-order valence-corrected chi connectivity index (χ3v) is 4.99. The zero-order valence-corrected chi connectivity index (χ0v) is 13.5. The standard InChI is InChI=1S/C18H18ClN3O/c19-15-9-13(10-21-11-15)12-4-3-5-14(8-12)18-7-2-1-6-16(18)23-17(20)22-18/h3-5,8-11,16H,1-2,6-7H2,(H2,20,22)/t16-,18-/m1/s1. The SMILES string of the molecule is NC1=N[C@@]2(c3cccc(-c4cncc(Cl)c4)c3)CCCC[C@H]2O1. The number of hydrogen-bond donors (Lipinski definition) is 1. The van der Waals surface area contributed by atoms with Crippen molar-refractivity contribution in [1.82, 2.24) is 4.98 Å². The van der Waals surface area contributed by atoms with E-state index in [1.165, 1.54) is 0 Å². The predicted molar refractivity (Wildman–Crippen MR) is 91.3 cm³/mol. The van der Waals surface area contributed by atoms with Crippen LogP contribution in [-0.2, 0) is 10.3 Å². The third-order valence-electron chi connectivity index (χ3n) is 4.78. The molecule has 1 aliphatic carbocycles. The van der Waals surface area contributed by atoms with Crippen LogP contribution < -0.4 is 5.73 Å². The van der Waals surface area contributed by atoms with Gasteiger partial charge in [-0.25, -0.2) is 4.99 Å². The van der Waals surface area contributed by atoms with Crippen LogP contribution in [0, 0.1) is 0 Å². The van der Waals surface area contributed by atoms with Crippen LogP contribution in [0.15, 0.2) is 47.7 Å². The van der Waals surface area contributed by atoms with E-state index in [2.05, 4.69) is 29.2 Å². The van der Waals surface area contributed by atoms with Gasteiger partial charge in [-0.05, 0) is 42.5 Å². The molecule has 0 amide bonds. The molecule has 1 fully saturated rings. The molecule has 1 aromatic heterocycles. The summed E-state index contributed by atoms with van der Waals surface area (Å²) in [5.41, 5.74) is 8.78. The first-order valence-corrected chi connectivity index (χ1v) is 8.29. The van der Waals surface area contributed by atoms with Gasteiger partial charge in [-0.3, -0.25) is 4.98 Å². The van der Waals surface area contributed by atoms with Gasteiger partial charge in [0.05, 0.1) is 5.02 Å². The van der Waals surface area contributed by atoms with Gasteiger partial charge < -0.3 is 10.5 Å². The largest absolute Gasteiger partial charge is 0.459 e. The molecular formula is C18H18ClN3O. The van der Waals surface area contributed by atoms with Crippen molar-refractivity contribution in [1.29, 1.82) is 0 Å². The maximum Gasteiger partial charge on any atom is 0.283 e. The van der Waals surface area contributed by atoms with Gasteiger partial charge >= 0.3 is 0 Å². The number of hydrogen-bond acceptors (Lipinski definition) is 4. The smallest absolute Gasteiger partial charge is 0.283 e. The first-order chi connectivity index (χ1) is 11.2. The van der Waals surface area contributed by atoms with Gasteiger partial charge in [-0.15, -0.1) is 0 Å². The van der Waals surface area contributed by atoms with E-state index >= 15 is 0 Å². The summed E-state index contributed by atoms with van der Waals surface area (Å²) in [6, 6.07) is 10.6.